The van der Waals surface area contributed by atoms with E-state index in [1.54, 1.807) is 7.11 Å². The molecule has 0 radical (unpaired) electrons. The Kier molecular flexibility index (Phi) is 8.44. The van der Waals surface area contributed by atoms with Crippen LogP contribution in [0.1, 0.15) is 12.8 Å². The summed E-state index contributed by atoms with van der Waals surface area (Å²) in [5.41, 5.74) is 0. The van der Waals surface area contributed by atoms with E-state index in [0.29, 0.717) is 12.5 Å². The number of nitrogens with one attached hydrogen (secondary N) is 1. The number of hydrogen-bond donors (Lipinski definition) is 1. The second-order valence-corrected chi connectivity index (χ2v) is 5.15. The molecule has 1 rings (SSSR count). The van der Waals surface area contributed by atoms with Crippen LogP contribution in [0.25, 0.3) is 0 Å². The van der Waals surface area contributed by atoms with Gasteiger partial charge in [0.15, 0.2) is 0 Å². The van der Waals surface area contributed by atoms with Gasteiger partial charge in [-0.05, 0) is 38.4 Å². The molecule has 0 saturated carbocycles. The predicted molar refractivity (Wildman–Crippen MR) is 70.8 cm³/mol. The molecule has 0 aromatic heterocycles. The molecule has 120 valence electrons. The number of halogens is 3. The Morgan fingerprint density at radius 3 is 2.50 bits per heavy atom. The summed E-state index contributed by atoms with van der Waals surface area (Å²) >= 11 is 0. The molecule has 7 heteroatoms. The Hall–Kier alpha value is -0.370. The lowest BCUT2D eigenvalue weighted by atomic mass is 9.97. The molecule has 4 nitrogen and oxygen atoms in total. The van der Waals surface area contributed by atoms with Crippen molar-refractivity contribution in [3.63, 3.8) is 0 Å². The lowest BCUT2D eigenvalue weighted by Gasteiger charge is -2.32. The third-order valence-electron chi connectivity index (χ3n) is 3.44. The van der Waals surface area contributed by atoms with Crippen molar-refractivity contribution in [2.45, 2.75) is 19.0 Å². The first-order valence-electron chi connectivity index (χ1n) is 7.08. The van der Waals surface area contributed by atoms with Crippen LogP contribution in [0.4, 0.5) is 13.2 Å². The summed E-state index contributed by atoms with van der Waals surface area (Å²) in [6.45, 7) is 4.03. The molecule has 1 fully saturated rings. The third-order valence-corrected chi connectivity index (χ3v) is 3.44. The Morgan fingerprint density at radius 2 is 1.90 bits per heavy atom. The Balaban J connectivity index is 1.99. The minimum Gasteiger partial charge on any atom is -0.383 e. The second kappa shape index (κ2) is 9.55. The predicted octanol–water partition coefficient (Wildman–Crippen LogP) is 1.51. The van der Waals surface area contributed by atoms with Crippen molar-refractivity contribution >= 4 is 0 Å². The standard InChI is InChI=1S/C13H25F3N2O2/c1-19-8-4-17-10-12-2-5-18(6-3-12)7-9-20-11-13(14,15)16/h12,17H,2-11H2,1H3. The highest BCUT2D eigenvalue weighted by molar-refractivity contribution is 4.73. The van der Waals surface area contributed by atoms with Crippen molar-refractivity contribution in [2.24, 2.45) is 5.92 Å². The molecule has 1 aliphatic rings. The molecule has 20 heavy (non-hydrogen) atoms. The van der Waals surface area contributed by atoms with Crippen molar-refractivity contribution in [1.29, 1.82) is 0 Å². The summed E-state index contributed by atoms with van der Waals surface area (Å²) in [6.07, 6.45) is -2.06. The molecule has 1 aliphatic heterocycles. The van der Waals surface area contributed by atoms with Crippen molar-refractivity contribution < 1.29 is 22.6 Å². The fourth-order valence-corrected chi connectivity index (χ4v) is 2.28. The summed E-state index contributed by atoms with van der Waals surface area (Å²) in [7, 11) is 1.68. The minimum atomic E-state index is -4.22. The Bertz CT molecular complexity index is 244. The van der Waals surface area contributed by atoms with Crippen LogP contribution in [0.2, 0.25) is 0 Å². The van der Waals surface area contributed by atoms with Gasteiger partial charge in [-0.25, -0.2) is 0 Å². The van der Waals surface area contributed by atoms with Crippen LogP contribution in [0.15, 0.2) is 0 Å². The van der Waals surface area contributed by atoms with Crippen LogP contribution in [0.3, 0.4) is 0 Å². The molecule has 0 amide bonds. The van der Waals surface area contributed by atoms with Gasteiger partial charge in [-0.1, -0.05) is 0 Å². The van der Waals surface area contributed by atoms with E-state index in [2.05, 4.69) is 15.0 Å². The molecule has 0 unspecified atom stereocenters. The van der Waals surface area contributed by atoms with Gasteiger partial charge in [0.2, 0.25) is 0 Å². The number of nitrogens with zero attached hydrogens (tertiary/aromatic N) is 1. The molecule has 0 spiro atoms. The van der Waals surface area contributed by atoms with Gasteiger partial charge in [-0.2, -0.15) is 13.2 Å². The van der Waals surface area contributed by atoms with Crippen LogP contribution in [0, 0.1) is 5.92 Å². The molecule has 0 aromatic rings. The van der Waals surface area contributed by atoms with Crippen LogP contribution in [-0.4, -0.2) is 70.7 Å². The van der Waals surface area contributed by atoms with E-state index in [1.165, 1.54) is 0 Å². The summed E-state index contributed by atoms with van der Waals surface area (Å²) in [5.74, 6) is 0.652. The molecule has 0 aliphatic carbocycles. The van der Waals surface area contributed by atoms with Crippen LogP contribution in [-0.2, 0) is 9.47 Å². The van der Waals surface area contributed by atoms with E-state index in [4.69, 9.17) is 4.74 Å². The van der Waals surface area contributed by atoms with Crippen LogP contribution < -0.4 is 5.32 Å². The summed E-state index contributed by atoms with van der Waals surface area (Å²) < 4.78 is 45.3. The first kappa shape index (κ1) is 17.7. The summed E-state index contributed by atoms with van der Waals surface area (Å²) in [4.78, 5) is 2.17. The van der Waals surface area contributed by atoms with Crippen LogP contribution in [0.5, 0.6) is 0 Å². The zero-order valence-corrected chi connectivity index (χ0v) is 12.0. The Morgan fingerprint density at radius 1 is 1.20 bits per heavy atom. The number of likely N-dealkylation sites (tertiary alicyclic amines) is 1. The van der Waals surface area contributed by atoms with Gasteiger partial charge in [-0.3, -0.25) is 0 Å². The van der Waals surface area contributed by atoms with Gasteiger partial charge < -0.3 is 19.7 Å². The van der Waals surface area contributed by atoms with Crippen molar-refractivity contribution in [2.75, 3.05) is 59.7 Å². The van der Waals surface area contributed by atoms with Crippen LogP contribution >= 0.6 is 0 Å². The highest BCUT2D eigenvalue weighted by Crippen LogP contribution is 2.17. The van der Waals surface area contributed by atoms with Crippen molar-refractivity contribution in [3.8, 4) is 0 Å². The highest BCUT2D eigenvalue weighted by Gasteiger charge is 2.27. The van der Waals surface area contributed by atoms with Gasteiger partial charge in [0.25, 0.3) is 0 Å². The monoisotopic (exact) mass is 298 g/mol. The van der Waals surface area contributed by atoms with E-state index in [1.807, 2.05) is 0 Å². The normalized spacial score (nSPS) is 18.6. The van der Waals surface area contributed by atoms with Gasteiger partial charge in [-0.15, -0.1) is 0 Å². The van der Waals surface area contributed by atoms with Gasteiger partial charge in [0.05, 0.1) is 13.2 Å². The average molecular weight is 298 g/mol. The zero-order valence-electron chi connectivity index (χ0n) is 12.0. The number of ether oxygens (including phenoxy) is 2. The molecule has 1 N–H and O–H groups in total. The molecule has 1 heterocycles. The quantitative estimate of drug-likeness (QED) is 0.654. The third kappa shape index (κ3) is 8.73. The molecular formula is C13H25F3N2O2. The SMILES string of the molecule is COCCNCC1CCN(CCOCC(F)(F)F)CC1. The molecule has 0 aromatic carbocycles. The Labute approximate surface area is 118 Å². The molecule has 0 bridgehead atoms. The zero-order chi connectivity index (χ0) is 14.8. The number of rotatable bonds is 9. The maximum Gasteiger partial charge on any atom is 0.411 e. The highest BCUT2D eigenvalue weighted by atomic mass is 19.4. The van der Waals surface area contributed by atoms with E-state index in [-0.39, 0.29) is 6.61 Å². The lowest BCUT2D eigenvalue weighted by molar-refractivity contribution is -0.174. The fraction of sp³-hybridized carbons (Fsp3) is 1.00. The van der Waals surface area contributed by atoms with Crippen molar-refractivity contribution in [1.82, 2.24) is 10.2 Å². The average Bonchev–Trinajstić information content (AvgIpc) is 2.40. The topological polar surface area (TPSA) is 33.7 Å². The fourth-order valence-electron chi connectivity index (χ4n) is 2.28. The molecular weight excluding hydrogens is 273 g/mol. The van der Waals surface area contributed by atoms with E-state index < -0.39 is 12.8 Å². The molecule has 1 saturated heterocycles. The first-order chi connectivity index (χ1) is 9.51. The summed E-state index contributed by atoms with van der Waals surface area (Å²) in [5, 5.41) is 3.35. The summed E-state index contributed by atoms with van der Waals surface area (Å²) in [6, 6.07) is 0. The lowest BCUT2D eigenvalue weighted by Crippen LogP contribution is -2.39. The smallest absolute Gasteiger partial charge is 0.383 e. The molecule has 0 atom stereocenters. The van der Waals surface area contributed by atoms with E-state index in [0.717, 1.165) is 45.6 Å². The van der Waals surface area contributed by atoms with Crippen molar-refractivity contribution in [3.05, 3.63) is 0 Å². The van der Waals surface area contributed by atoms with E-state index in [9.17, 15) is 13.2 Å². The number of hydrogen-bond acceptors (Lipinski definition) is 4. The van der Waals surface area contributed by atoms with Gasteiger partial charge in [0.1, 0.15) is 6.61 Å². The minimum absolute atomic E-state index is 0.149. The van der Waals surface area contributed by atoms with Gasteiger partial charge >= 0.3 is 6.18 Å². The maximum absolute atomic E-state index is 11.9. The van der Waals surface area contributed by atoms with E-state index >= 15 is 0 Å². The van der Waals surface area contributed by atoms with Gasteiger partial charge in [0, 0.05) is 20.2 Å². The number of piperidine rings is 1. The largest absolute Gasteiger partial charge is 0.411 e. The number of alkyl halides is 3. The second-order valence-electron chi connectivity index (χ2n) is 5.15. The first-order valence-corrected chi connectivity index (χ1v) is 7.08. The maximum atomic E-state index is 11.9. The number of methoxy groups -OCH3 is 1.